The van der Waals surface area contributed by atoms with E-state index in [2.05, 4.69) is 0 Å². The molecule has 5 heteroatoms. The molecule has 0 aromatic heterocycles. The third kappa shape index (κ3) is 3.75. The van der Waals surface area contributed by atoms with Crippen LogP contribution in [-0.4, -0.2) is 34.5 Å². The molecule has 1 aromatic carbocycles. The molecule has 0 fully saturated rings. The number of ether oxygens (including phenoxy) is 5. The van der Waals surface area contributed by atoms with Crippen LogP contribution in [0.5, 0.6) is 17.2 Å². The molecule has 1 aromatic rings. The van der Waals surface area contributed by atoms with Gasteiger partial charge in [0.05, 0.1) is 26.9 Å². The second-order valence-corrected chi connectivity index (χ2v) is 3.69. The summed E-state index contributed by atoms with van der Waals surface area (Å²) in [5, 5.41) is 0. The van der Waals surface area contributed by atoms with Crippen LogP contribution < -0.4 is 14.2 Å². The Morgan fingerprint density at radius 1 is 0.895 bits per heavy atom. The van der Waals surface area contributed by atoms with Gasteiger partial charge in [-0.25, -0.2) is 0 Å². The normalized spacial score (nSPS) is 10.6. The fourth-order valence-electron chi connectivity index (χ4n) is 1.79. The molecule has 0 heterocycles. The molecule has 0 aliphatic heterocycles. The van der Waals surface area contributed by atoms with Crippen molar-refractivity contribution in [3.8, 4) is 17.2 Å². The fraction of sp³-hybridized carbons (Fsp3) is 0.571. The SMILES string of the molecule is CCOC(OCC)c1cc(OC)cc(OC)c1OC. The van der Waals surface area contributed by atoms with Gasteiger partial charge in [0.2, 0.25) is 0 Å². The van der Waals surface area contributed by atoms with Crippen molar-refractivity contribution < 1.29 is 23.7 Å². The molecule has 0 aliphatic carbocycles. The first kappa shape index (κ1) is 15.6. The highest BCUT2D eigenvalue weighted by Crippen LogP contribution is 2.40. The molecule has 0 N–H and O–H groups in total. The Morgan fingerprint density at radius 2 is 1.53 bits per heavy atom. The van der Waals surface area contributed by atoms with E-state index in [1.54, 1.807) is 27.4 Å². The monoisotopic (exact) mass is 270 g/mol. The zero-order valence-electron chi connectivity index (χ0n) is 12.2. The van der Waals surface area contributed by atoms with Crippen molar-refractivity contribution in [3.05, 3.63) is 17.7 Å². The maximum atomic E-state index is 5.60. The predicted octanol–water partition coefficient (Wildman–Crippen LogP) is 2.78. The average Bonchev–Trinajstić information content (AvgIpc) is 2.45. The van der Waals surface area contributed by atoms with E-state index in [1.165, 1.54) is 0 Å². The summed E-state index contributed by atoms with van der Waals surface area (Å²) in [4.78, 5) is 0. The maximum absolute atomic E-state index is 5.60. The molecular formula is C14H22O5. The summed E-state index contributed by atoms with van der Waals surface area (Å²) in [7, 11) is 4.77. The molecule has 0 radical (unpaired) electrons. The highest BCUT2D eigenvalue weighted by molar-refractivity contribution is 5.52. The summed E-state index contributed by atoms with van der Waals surface area (Å²) in [5.74, 6) is 1.84. The van der Waals surface area contributed by atoms with E-state index in [1.807, 2.05) is 19.9 Å². The molecule has 0 aliphatic rings. The molecule has 0 atom stereocenters. The summed E-state index contributed by atoms with van der Waals surface area (Å²) in [5.41, 5.74) is 0.752. The van der Waals surface area contributed by atoms with Crippen molar-refractivity contribution in [3.63, 3.8) is 0 Å². The Morgan fingerprint density at radius 3 is 1.95 bits per heavy atom. The largest absolute Gasteiger partial charge is 0.497 e. The topological polar surface area (TPSA) is 46.2 Å². The van der Waals surface area contributed by atoms with Crippen molar-refractivity contribution >= 4 is 0 Å². The second kappa shape index (κ2) is 7.86. The van der Waals surface area contributed by atoms with Crippen LogP contribution >= 0.6 is 0 Å². The lowest BCUT2D eigenvalue weighted by Crippen LogP contribution is -2.11. The lowest BCUT2D eigenvalue weighted by Gasteiger charge is -2.21. The molecule has 19 heavy (non-hydrogen) atoms. The van der Waals surface area contributed by atoms with Crippen molar-refractivity contribution in [2.75, 3.05) is 34.5 Å². The van der Waals surface area contributed by atoms with Crippen LogP contribution in [0.4, 0.5) is 0 Å². The third-order valence-corrected chi connectivity index (χ3v) is 2.61. The van der Waals surface area contributed by atoms with Crippen molar-refractivity contribution in [2.45, 2.75) is 20.1 Å². The van der Waals surface area contributed by atoms with Crippen LogP contribution in [0.2, 0.25) is 0 Å². The van der Waals surface area contributed by atoms with Gasteiger partial charge in [0.1, 0.15) is 5.75 Å². The molecule has 0 unspecified atom stereocenters. The van der Waals surface area contributed by atoms with Gasteiger partial charge >= 0.3 is 0 Å². The van der Waals surface area contributed by atoms with Crippen LogP contribution in [0.25, 0.3) is 0 Å². The predicted molar refractivity (Wildman–Crippen MR) is 72.1 cm³/mol. The van der Waals surface area contributed by atoms with Gasteiger partial charge in [-0.05, 0) is 19.9 Å². The van der Waals surface area contributed by atoms with Gasteiger partial charge in [-0.1, -0.05) is 0 Å². The lowest BCUT2D eigenvalue weighted by molar-refractivity contribution is -0.141. The minimum absolute atomic E-state index is 0.506. The van der Waals surface area contributed by atoms with Crippen LogP contribution in [0.1, 0.15) is 25.7 Å². The molecule has 1 rings (SSSR count). The quantitative estimate of drug-likeness (QED) is 0.680. The van der Waals surface area contributed by atoms with Crippen LogP contribution in [0.3, 0.4) is 0 Å². The molecule has 0 amide bonds. The number of methoxy groups -OCH3 is 3. The van der Waals surface area contributed by atoms with E-state index in [9.17, 15) is 0 Å². The van der Waals surface area contributed by atoms with E-state index < -0.39 is 6.29 Å². The lowest BCUT2D eigenvalue weighted by atomic mass is 10.1. The van der Waals surface area contributed by atoms with Crippen LogP contribution in [0, 0.1) is 0 Å². The van der Waals surface area contributed by atoms with Gasteiger partial charge in [0.25, 0.3) is 0 Å². The first-order valence-electron chi connectivity index (χ1n) is 6.24. The Hall–Kier alpha value is -1.46. The van der Waals surface area contributed by atoms with Gasteiger partial charge in [-0.2, -0.15) is 0 Å². The smallest absolute Gasteiger partial charge is 0.187 e. The summed E-state index contributed by atoms with van der Waals surface area (Å²) in [6, 6.07) is 3.59. The highest BCUT2D eigenvalue weighted by atomic mass is 16.7. The fourth-order valence-corrected chi connectivity index (χ4v) is 1.79. The van der Waals surface area contributed by atoms with E-state index >= 15 is 0 Å². The van der Waals surface area contributed by atoms with Crippen LogP contribution in [-0.2, 0) is 9.47 Å². The van der Waals surface area contributed by atoms with Gasteiger partial charge in [-0.3, -0.25) is 0 Å². The molecule has 0 bridgehead atoms. The van der Waals surface area contributed by atoms with Crippen molar-refractivity contribution in [2.24, 2.45) is 0 Å². The van der Waals surface area contributed by atoms with Crippen molar-refractivity contribution in [1.82, 2.24) is 0 Å². The summed E-state index contributed by atoms with van der Waals surface area (Å²) >= 11 is 0. The standard InChI is InChI=1S/C14H22O5/c1-6-18-14(19-7-2)11-8-10(15-3)9-12(16-4)13(11)17-5/h8-9,14H,6-7H2,1-5H3. The van der Waals surface area contributed by atoms with Crippen LogP contribution in [0.15, 0.2) is 12.1 Å². The zero-order valence-corrected chi connectivity index (χ0v) is 12.2. The highest BCUT2D eigenvalue weighted by Gasteiger charge is 2.21. The maximum Gasteiger partial charge on any atom is 0.187 e. The molecule has 0 spiro atoms. The van der Waals surface area contributed by atoms with E-state index in [-0.39, 0.29) is 0 Å². The Balaban J connectivity index is 3.26. The first-order valence-corrected chi connectivity index (χ1v) is 6.24. The molecule has 5 nitrogen and oxygen atoms in total. The van der Waals surface area contributed by atoms with Gasteiger partial charge in [-0.15, -0.1) is 0 Å². The molecule has 0 saturated heterocycles. The number of hydrogen-bond donors (Lipinski definition) is 0. The third-order valence-electron chi connectivity index (χ3n) is 2.61. The van der Waals surface area contributed by atoms with E-state index in [0.29, 0.717) is 30.5 Å². The first-order chi connectivity index (χ1) is 9.21. The molecule has 0 saturated carbocycles. The number of benzene rings is 1. The average molecular weight is 270 g/mol. The van der Waals surface area contributed by atoms with E-state index in [4.69, 9.17) is 23.7 Å². The number of hydrogen-bond acceptors (Lipinski definition) is 5. The summed E-state index contributed by atoms with van der Waals surface area (Å²) < 4.78 is 27.2. The Labute approximate surface area is 114 Å². The molecular weight excluding hydrogens is 248 g/mol. The van der Waals surface area contributed by atoms with Gasteiger partial charge in [0.15, 0.2) is 17.8 Å². The Kier molecular flexibility index (Phi) is 6.45. The van der Waals surface area contributed by atoms with Crippen molar-refractivity contribution in [1.29, 1.82) is 0 Å². The second-order valence-electron chi connectivity index (χ2n) is 3.69. The van der Waals surface area contributed by atoms with Gasteiger partial charge < -0.3 is 23.7 Å². The summed E-state index contributed by atoms with van der Waals surface area (Å²) in [6.07, 6.45) is -0.506. The summed E-state index contributed by atoms with van der Waals surface area (Å²) in [6.45, 7) is 4.90. The minimum Gasteiger partial charge on any atom is -0.497 e. The zero-order chi connectivity index (χ0) is 14.3. The molecule has 108 valence electrons. The number of rotatable bonds is 8. The minimum atomic E-state index is -0.506. The van der Waals surface area contributed by atoms with E-state index in [0.717, 1.165) is 5.56 Å². The van der Waals surface area contributed by atoms with Gasteiger partial charge in [0, 0.05) is 19.3 Å². The Bertz CT molecular complexity index is 386.